The van der Waals surface area contributed by atoms with Crippen LogP contribution < -0.4 is 5.56 Å². The van der Waals surface area contributed by atoms with Gasteiger partial charge in [0.15, 0.2) is 0 Å². The maximum absolute atomic E-state index is 12.5. The monoisotopic (exact) mass is 288 g/mol. The van der Waals surface area contributed by atoms with E-state index in [4.69, 9.17) is 11.6 Å². The lowest BCUT2D eigenvalue weighted by molar-refractivity contribution is 0.741. The van der Waals surface area contributed by atoms with Gasteiger partial charge in [0.1, 0.15) is 0 Å². The third-order valence-electron chi connectivity index (χ3n) is 3.19. The van der Waals surface area contributed by atoms with Crippen molar-refractivity contribution in [2.24, 2.45) is 7.05 Å². The Labute approximate surface area is 120 Å². The number of halogens is 1. The van der Waals surface area contributed by atoms with Crippen LogP contribution in [0.2, 0.25) is 5.02 Å². The molecule has 0 saturated carbocycles. The molecule has 2 aromatic heterocycles. The minimum absolute atomic E-state index is 0.0931. The van der Waals surface area contributed by atoms with E-state index in [2.05, 4.69) is 10.1 Å². The second-order valence-electron chi connectivity index (χ2n) is 4.82. The van der Waals surface area contributed by atoms with E-state index in [0.717, 1.165) is 11.1 Å². The van der Waals surface area contributed by atoms with E-state index in [9.17, 15) is 4.79 Å². The molecule has 0 atom stereocenters. The first-order chi connectivity index (χ1) is 9.54. The summed E-state index contributed by atoms with van der Waals surface area (Å²) in [5, 5.41) is 5.18. The number of benzene rings is 1. The third-order valence-corrected chi connectivity index (χ3v) is 3.41. The molecular formula is C14H13ClN4O. The molecule has 3 aromatic rings. The van der Waals surface area contributed by atoms with Crippen LogP contribution >= 0.6 is 11.6 Å². The molecule has 3 rings (SSSR count). The van der Waals surface area contributed by atoms with Gasteiger partial charge < -0.3 is 0 Å². The second kappa shape index (κ2) is 4.76. The van der Waals surface area contributed by atoms with Gasteiger partial charge in [0, 0.05) is 23.8 Å². The fraction of sp³-hybridized carbons (Fsp3) is 0.214. The molecule has 2 heterocycles. The van der Waals surface area contributed by atoms with Crippen LogP contribution in [0.25, 0.3) is 10.9 Å². The third kappa shape index (κ3) is 2.20. The average Bonchev–Trinajstić information content (AvgIpc) is 2.79. The molecule has 0 fully saturated rings. The topological polar surface area (TPSA) is 52.7 Å². The number of aryl methyl sites for hydroxylation is 2. The van der Waals surface area contributed by atoms with Crippen molar-refractivity contribution in [3.63, 3.8) is 0 Å². The highest BCUT2D eigenvalue weighted by Crippen LogP contribution is 2.19. The number of aromatic nitrogens is 4. The molecule has 0 N–H and O–H groups in total. The average molecular weight is 289 g/mol. The van der Waals surface area contributed by atoms with Crippen LogP contribution in [0.15, 0.2) is 35.6 Å². The Hall–Kier alpha value is -2.14. The van der Waals surface area contributed by atoms with Gasteiger partial charge >= 0.3 is 0 Å². The predicted molar refractivity (Wildman–Crippen MR) is 78.1 cm³/mol. The number of nitrogens with zero attached hydrogens (tertiary/aromatic N) is 4. The van der Waals surface area contributed by atoms with Gasteiger partial charge in [-0.25, -0.2) is 4.98 Å². The normalized spacial score (nSPS) is 11.2. The summed E-state index contributed by atoms with van der Waals surface area (Å²) in [6.45, 7) is 2.34. The molecule has 5 nitrogen and oxygen atoms in total. The predicted octanol–water partition coefficient (Wildman–Crippen LogP) is 2.14. The molecule has 1 aromatic carbocycles. The molecule has 0 amide bonds. The Bertz CT molecular complexity index is 850. The Morgan fingerprint density at radius 3 is 2.85 bits per heavy atom. The Morgan fingerprint density at radius 1 is 1.35 bits per heavy atom. The Balaban J connectivity index is 2.14. The van der Waals surface area contributed by atoms with Crippen LogP contribution in [0.5, 0.6) is 0 Å². The van der Waals surface area contributed by atoms with Crippen LogP contribution in [0.3, 0.4) is 0 Å². The van der Waals surface area contributed by atoms with Crippen molar-refractivity contribution >= 4 is 22.5 Å². The molecule has 20 heavy (non-hydrogen) atoms. The molecule has 0 bridgehead atoms. The first kappa shape index (κ1) is 12.9. The standard InChI is InChI=1S/C14H13ClN4O/c1-9-3-11(15)4-12-13(9)16-8-19(14(12)20)7-10-5-17-18(2)6-10/h3-6,8H,7H2,1-2H3. The molecular weight excluding hydrogens is 276 g/mol. The molecule has 0 radical (unpaired) electrons. The smallest absolute Gasteiger partial charge is 0.261 e. The molecule has 0 aliphatic heterocycles. The van der Waals surface area contributed by atoms with Crippen molar-refractivity contribution < 1.29 is 0 Å². The van der Waals surface area contributed by atoms with Gasteiger partial charge in [-0.3, -0.25) is 14.0 Å². The summed E-state index contributed by atoms with van der Waals surface area (Å²) in [5.74, 6) is 0. The van der Waals surface area contributed by atoms with Crippen LogP contribution in [0, 0.1) is 6.92 Å². The lowest BCUT2D eigenvalue weighted by Gasteiger charge is -2.07. The van der Waals surface area contributed by atoms with Crippen LogP contribution in [-0.2, 0) is 13.6 Å². The summed E-state index contributed by atoms with van der Waals surface area (Å²) >= 11 is 6.02. The van der Waals surface area contributed by atoms with Crippen LogP contribution in [0.1, 0.15) is 11.1 Å². The quantitative estimate of drug-likeness (QED) is 0.726. The molecule has 0 saturated heterocycles. The Morgan fingerprint density at radius 2 is 2.15 bits per heavy atom. The van der Waals surface area contributed by atoms with Crippen LogP contribution in [-0.4, -0.2) is 19.3 Å². The first-order valence-corrected chi connectivity index (χ1v) is 6.55. The maximum atomic E-state index is 12.5. The summed E-state index contributed by atoms with van der Waals surface area (Å²) < 4.78 is 3.27. The second-order valence-corrected chi connectivity index (χ2v) is 5.26. The van der Waals surface area contributed by atoms with E-state index < -0.39 is 0 Å². The van der Waals surface area contributed by atoms with E-state index in [1.165, 1.54) is 0 Å². The summed E-state index contributed by atoms with van der Waals surface area (Å²) in [7, 11) is 1.84. The zero-order chi connectivity index (χ0) is 14.3. The summed E-state index contributed by atoms with van der Waals surface area (Å²) in [6.07, 6.45) is 5.18. The van der Waals surface area contributed by atoms with Crippen LogP contribution in [0.4, 0.5) is 0 Å². The molecule has 0 spiro atoms. The van der Waals surface area contributed by atoms with Crippen molar-refractivity contribution in [1.82, 2.24) is 19.3 Å². The van der Waals surface area contributed by atoms with Crippen molar-refractivity contribution in [2.45, 2.75) is 13.5 Å². The van der Waals surface area contributed by atoms with Gasteiger partial charge in [-0.05, 0) is 24.6 Å². The highest BCUT2D eigenvalue weighted by Gasteiger charge is 2.08. The van der Waals surface area contributed by atoms with E-state index in [1.807, 2.05) is 26.2 Å². The Kier molecular flexibility index (Phi) is 3.06. The largest absolute Gasteiger partial charge is 0.294 e. The van der Waals surface area contributed by atoms with Crippen molar-refractivity contribution in [3.8, 4) is 0 Å². The van der Waals surface area contributed by atoms with Gasteiger partial charge in [0.05, 0.1) is 30.0 Å². The summed E-state index contributed by atoms with van der Waals surface area (Å²) in [4.78, 5) is 16.8. The molecule has 0 aliphatic carbocycles. The first-order valence-electron chi connectivity index (χ1n) is 6.17. The van der Waals surface area contributed by atoms with E-state index in [-0.39, 0.29) is 5.56 Å². The minimum atomic E-state index is -0.0931. The van der Waals surface area contributed by atoms with Gasteiger partial charge in [0.25, 0.3) is 5.56 Å². The SMILES string of the molecule is Cc1cc(Cl)cc2c(=O)n(Cc3cnn(C)c3)cnc12. The zero-order valence-electron chi connectivity index (χ0n) is 11.2. The van der Waals surface area contributed by atoms with Gasteiger partial charge in [-0.15, -0.1) is 0 Å². The maximum Gasteiger partial charge on any atom is 0.261 e. The zero-order valence-corrected chi connectivity index (χ0v) is 11.9. The lowest BCUT2D eigenvalue weighted by Crippen LogP contribution is -2.21. The highest BCUT2D eigenvalue weighted by atomic mass is 35.5. The van der Waals surface area contributed by atoms with Gasteiger partial charge in [0.2, 0.25) is 0 Å². The van der Waals surface area contributed by atoms with Crippen molar-refractivity contribution in [2.75, 3.05) is 0 Å². The molecule has 0 unspecified atom stereocenters. The number of hydrogen-bond acceptors (Lipinski definition) is 3. The summed E-state index contributed by atoms with van der Waals surface area (Å²) in [6, 6.07) is 3.47. The fourth-order valence-electron chi connectivity index (χ4n) is 2.27. The molecule has 6 heteroatoms. The number of rotatable bonds is 2. The number of fused-ring (bicyclic) bond motifs is 1. The molecule has 102 valence electrons. The fourth-order valence-corrected chi connectivity index (χ4v) is 2.54. The molecule has 0 aliphatic rings. The van der Waals surface area contributed by atoms with E-state index in [0.29, 0.717) is 22.5 Å². The van der Waals surface area contributed by atoms with Crippen molar-refractivity contribution in [1.29, 1.82) is 0 Å². The highest BCUT2D eigenvalue weighted by molar-refractivity contribution is 6.31. The van der Waals surface area contributed by atoms with Gasteiger partial charge in [-0.2, -0.15) is 5.10 Å². The lowest BCUT2D eigenvalue weighted by atomic mass is 10.1. The number of hydrogen-bond donors (Lipinski definition) is 0. The summed E-state index contributed by atoms with van der Waals surface area (Å²) in [5.41, 5.74) is 2.46. The van der Waals surface area contributed by atoms with Crippen molar-refractivity contribution in [3.05, 3.63) is 57.4 Å². The van der Waals surface area contributed by atoms with E-state index >= 15 is 0 Å². The minimum Gasteiger partial charge on any atom is -0.294 e. The van der Waals surface area contributed by atoms with Gasteiger partial charge in [-0.1, -0.05) is 11.6 Å². The van der Waals surface area contributed by atoms with E-state index in [1.54, 1.807) is 27.8 Å².